The Morgan fingerprint density at radius 3 is 2.80 bits per heavy atom. The zero-order valence-corrected chi connectivity index (χ0v) is 12.8. The lowest BCUT2D eigenvalue weighted by molar-refractivity contribution is -0.137. The Kier molecular flexibility index (Phi) is 4.45. The van der Waals surface area contributed by atoms with E-state index in [4.69, 9.17) is 4.99 Å². The molecule has 1 unspecified atom stereocenters. The summed E-state index contributed by atoms with van der Waals surface area (Å²) in [5.74, 6) is 1.08. The number of aliphatic imine (C=N–C) groups is 1. The number of unbranched alkanes of at least 4 members (excludes halogenated alkanes) is 1. The first-order valence-electron chi connectivity index (χ1n) is 7.68. The monoisotopic (exact) mass is 279 g/mol. The fourth-order valence-corrected chi connectivity index (χ4v) is 3.10. The molecule has 0 bridgehead atoms. The third kappa shape index (κ3) is 2.58. The fraction of sp³-hybridized carbons (Fsp3) is 0.800. The maximum Gasteiger partial charge on any atom is 0.257 e. The third-order valence-corrected chi connectivity index (χ3v) is 4.31. The minimum absolute atomic E-state index is 0.0669. The summed E-state index contributed by atoms with van der Waals surface area (Å²) in [5.41, 5.74) is -0.694. The van der Waals surface area contributed by atoms with Gasteiger partial charge in [-0.3, -0.25) is 14.6 Å². The van der Waals surface area contributed by atoms with Crippen LogP contribution in [0, 0.1) is 0 Å². The first-order valence-corrected chi connectivity index (χ1v) is 7.68. The molecule has 0 aromatic rings. The normalized spacial score (nSPS) is 26.4. The van der Waals surface area contributed by atoms with Gasteiger partial charge in [0.1, 0.15) is 5.84 Å². The summed E-state index contributed by atoms with van der Waals surface area (Å²) >= 11 is 0. The van der Waals surface area contributed by atoms with E-state index in [9.17, 15) is 9.59 Å². The number of carbonyl (C=O) groups excluding carboxylic acids is 2. The van der Waals surface area contributed by atoms with Crippen molar-refractivity contribution in [2.45, 2.75) is 57.9 Å². The molecule has 1 saturated heterocycles. The lowest BCUT2D eigenvalue weighted by Crippen LogP contribution is -2.54. The van der Waals surface area contributed by atoms with Gasteiger partial charge in [0.2, 0.25) is 5.91 Å². The van der Waals surface area contributed by atoms with Gasteiger partial charge in [0.15, 0.2) is 5.54 Å². The van der Waals surface area contributed by atoms with Crippen LogP contribution in [0.3, 0.4) is 0 Å². The van der Waals surface area contributed by atoms with Gasteiger partial charge in [-0.25, -0.2) is 0 Å². The number of amidine groups is 1. The SMILES string of the molecule is CCCCC1=NC2(CCCN(C(=O)CC)C2)C(=O)N1C. The summed E-state index contributed by atoms with van der Waals surface area (Å²) < 4.78 is 0. The van der Waals surface area contributed by atoms with E-state index >= 15 is 0 Å². The highest BCUT2D eigenvalue weighted by atomic mass is 16.2. The van der Waals surface area contributed by atoms with Gasteiger partial charge in [-0.2, -0.15) is 0 Å². The highest BCUT2D eigenvalue weighted by Crippen LogP contribution is 2.33. The van der Waals surface area contributed by atoms with Crippen LogP contribution in [0.25, 0.3) is 0 Å². The van der Waals surface area contributed by atoms with E-state index in [2.05, 4.69) is 6.92 Å². The summed E-state index contributed by atoms with van der Waals surface area (Å²) in [4.78, 5) is 32.7. The molecule has 2 amide bonds. The molecule has 20 heavy (non-hydrogen) atoms. The Morgan fingerprint density at radius 1 is 1.40 bits per heavy atom. The number of likely N-dealkylation sites (tertiary alicyclic amines) is 1. The summed E-state index contributed by atoms with van der Waals surface area (Å²) in [6.07, 6.45) is 5.10. The van der Waals surface area contributed by atoms with Gasteiger partial charge in [0.05, 0.1) is 6.54 Å². The smallest absolute Gasteiger partial charge is 0.257 e. The summed E-state index contributed by atoms with van der Waals surface area (Å²) in [7, 11) is 1.81. The standard InChI is InChI=1S/C15H25N3O2/c1-4-6-8-12-16-15(14(20)17(12)3)9-7-10-18(11-15)13(19)5-2/h4-11H2,1-3H3. The molecule has 1 spiro atoms. The molecule has 0 saturated carbocycles. The number of piperidine rings is 1. The van der Waals surface area contributed by atoms with Crippen molar-refractivity contribution in [1.82, 2.24) is 9.80 Å². The van der Waals surface area contributed by atoms with Crippen LogP contribution in [-0.2, 0) is 9.59 Å². The van der Waals surface area contributed by atoms with Crippen molar-refractivity contribution in [2.24, 2.45) is 4.99 Å². The molecule has 0 aliphatic carbocycles. The molecule has 2 rings (SSSR count). The van der Waals surface area contributed by atoms with Gasteiger partial charge >= 0.3 is 0 Å². The molecule has 1 fully saturated rings. The van der Waals surface area contributed by atoms with Crippen LogP contribution < -0.4 is 0 Å². The number of rotatable bonds is 4. The van der Waals surface area contributed by atoms with Crippen LogP contribution in [0.15, 0.2) is 4.99 Å². The quantitative estimate of drug-likeness (QED) is 0.788. The summed E-state index contributed by atoms with van der Waals surface area (Å²) in [5, 5.41) is 0. The van der Waals surface area contributed by atoms with Crippen molar-refractivity contribution in [3.8, 4) is 0 Å². The van der Waals surface area contributed by atoms with Crippen LogP contribution in [0.4, 0.5) is 0 Å². The lowest BCUT2D eigenvalue weighted by Gasteiger charge is -2.37. The van der Waals surface area contributed by atoms with Crippen LogP contribution >= 0.6 is 0 Å². The number of hydrogen-bond acceptors (Lipinski definition) is 3. The molecule has 1 atom stereocenters. The predicted octanol–water partition coefficient (Wildman–Crippen LogP) is 1.82. The van der Waals surface area contributed by atoms with E-state index in [1.807, 2.05) is 18.9 Å². The molecule has 112 valence electrons. The Bertz CT molecular complexity index is 433. The Morgan fingerprint density at radius 2 is 2.15 bits per heavy atom. The number of amides is 2. The second-order valence-electron chi connectivity index (χ2n) is 5.80. The van der Waals surface area contributed by atoms with Crippen molar-refractivity contribution in [1.29, 1.82) is 0 Å². The highest BCUT2D eigenvalue weighted by Gasteiger charge is 2.49. The van der Waals surface area contributed by atoms with E-state index in [0.29, 0.717) is 13.0 Å². The van der Waals surface area contributed by atoms with Gasteiger partial charge in [0.25, 0.3) is 5.91 Å². The minimum atomic E-state index is -0.694. The van der Waals surface area contributed by atoms with E-state index in [1.165, 1.54) is 0 Å². The van der Waals surface area contributed by atoms with Crippen molar-refractivity contribution < 1.29 is 9.59 Å². The lowest BCUT2D eigenvalue weighted by atomic mass is 9.89. The fourth-order valence-electron chi connectivity index (χ4n) is 3.10. The predicted molar refractivity (Wildman–Crippen MR) is 78.6 cm³/mol. The van der Waals surface area contributed by atoms with Crippen LogP contribution in [0.2, 0.25) is 0 Å². The summed E-state index contributed by atoms with van der Waals surface area (Å²) in [6, 6.07) is 0. The Balaban J connectivity index is 2.18. The first-order chi connectivity index (χ1) is 9.54. The van der Waals surface area contributed by atoms with Crippen molar-refractivity contribution in [2.75, 3.05) is 20.1 Å². The van der Waals surface area contributed by atoms with E-state index in [0.717, 1.165) is 44.5 Å². The average molecular weight is 279 g/mol. The molecule has 2 heterocycles. The van der Waals surface area contributed by atoms with Gasteiger partial charge < -0.3 is 9.80 Å². The van der Waals surface area contributed by atoms with Crippen molar-refractivity contribution in [3.63, 3.8) is 0 Å². The summed E-state index contributed by atoms with van der Waals surface area (Å²) in [6.45, 7) is 5.21. The van der Waals surface area contributed by atoms with Crippen molar-refractivity contribution >= 4 is 17.6 Å². The van der Waals surface area contributed by atoms with Crippen LogP contribution in [0.5, 0.6) is 0 Å². The van der Waals surface area contributed by atoms with Gasteiger partial charge in [-0.05, 0) is 19.3 Å². The maximum atomic E-state index is 12.6. The first kappa shape index (κ1) is 15.0. The second-order valence-corrected chi connectivity index (χ2v) is 5.80. The van der Waals surface area contributed by atoms with Gasteiger partial charge in [0, 0.05) is 26.4 Å². The number of likely N-dealkylation sites (N-methyl/N-ethyl adjacent to an activating group) is 1. The molecule has 5 heteroatoms. The number of nitrogens with zero attached hydrogens (tertiary/aromatic N) is 3. The van der Waals surface area contributed by atoms with Crippen LogP contribution in [-0.4, -0.2) is 53.1 Å². The van der Waals surface area contributed by atoms with E-state index < -0.39 is 5.54 Å². The number of hydrogen-bond donors (Lipinski definition) is 0. The van der Waals surface area contributed by atoms with E-state index in [-0.39, 0.29) is 11.8 Å². The topological polar surface area (TPSA) is 53.0 Å². The number of carbonyl (C=O) groups is 2. The van der Waals surface area contributed by atoms with Crippen molar-refractivity contribution in [3.05, 3.63) is 0 Å². The Hall–Kier alpha value is -1.39. The highest BCUT2D eigenvalue weighted by molar-refractivity contribution is 6.08. The molecule has 0 aromatic carbocycles. The molecule has 2 aliphatic heterocycles. The molecule has 0 radical (unpaired) electrons. The van der Waals surface area contributed by atoms with E-state index in [1.54, 1.807) is 4.90 Å². The Labute approximate surface area is 121 Å². The third-order valence-electron chi connectivity index (χ3n) is 4.31. The minimum Gasteiger partial charge on any atom is -0.340 e. The molecule has 0 aromatic heterocycles. The zero-order chi connectivity index (χ0) is 14.8. The molecular weight excluding hydrogens is 254 g/mol. The zero-order valence-electron chi connectivity index (χ0n) is 12.8. The largest absolute Gasteiger partial charge is 0.340 e. The maximum absolute atomic E-state index is 12.6. The average Bonchev–Trinajstić information content (AvgIpc) is 2.69. The van der Waals surface area contributed by atoms with Gasteiger partial charge in [-0.15, -0.1) is 0 Å². The van der Waals surface area contributed by atoms with Gasteiger partial charge in [-0.1, -0.05) is 20.3 Å². The van der Waals surface area contributed by atoms with Crippen LogP contribution in [0.1, 0.15) is 52.4 Å². The molecule has 5 nitrogen and oxygen atoms in total. The molecular formula is C15H25N3O2. The molecule has 2 aliphatic rings. The molecule has 0 N–H and O–H groups in total. The second kappa shape index (κ2) is 5.94.